The normalized spacial score (nSPS) is 14.2. The van der Waals surface area contributed by atoms with Crippen LogP contribution in [-0.2, 0) is 6.54 Å². The van der Waals surface area contributed by atoms with Gasteiger partial charge in [-0.25, -0.2) is 9.37 Å². The van der Waals surface area contributed by atoms with Crippen molar-refractivity contribution >= 4 is 11.2 Å². The highest BCUT2D eigenvalue weighted by molar-refractivity contribution is 5.90. The van der Waals surface area contributed by atoms with Crippen LogP contribution in [0.5, 0.6) is 17.2 Å². The molecule has 1 aliphatic heterocycles. The molecule has 0 saturated carbocycles. The molecule has 31 heavy (non-hydrogen) atoms. The molecule has 0 spiro atoms. The summed E-state index contributed by atoms with van der Waals surface area (Å²) in [6, 6.07) is 6.96. The summed E-state index contributed by atoms with van der Waals surface area (Å²) in [7, 11) is 1.36. The van der Waals surface area contributed by atoms with Crippen LogP contribution in [0.25, 0.3) is 33.4 Å². The van der Waals surface area contributed by atoms with Gasteiger partial charge in [0, 0.05) is 29.3 Å². The quantitative estimate of drug-likeness (QED) is 0.471. The lowest BCUT2D eigenvalue weighted by atomic mass is 9.98. The Morgan fingerprint density at radius 1 is 1.06 bits per heavy atom. The first-order valence-electron chi connectivity index (χ1n) is 9.35. The van der Waals surface area contributed by atoms with Crippen molar-refractivity contribution in [3.05, 3.63) is 48.7 Å². The number of methoxy groups -OCH3 is 1. The summed E-state index contributed by atoms with van der Waals surface area (Å²) in [6.07, 6.45) is -0.586. The number of hydrogen-bond donors (Lipinski definition) is 0. The second kappa shape index (κ2) is 6.86. The van der Waals surface area contributed by atoms with E-state index in [1.165, 1.54) is 25.3 Å². The summed E-state index contributed by atoms with van der Waals surface area (Å²) in [6.45, 7) is 2.63. The molecule has 0 atom stereocenters. The van der Waals surface area contributed by atoms with E-state index in [0.717, 1.165) is 0 Å². The number of halogens is 3. The molecule has 2 aromatic heterocycles. The number of hydrogen-bond acceptors (Lipinski definition) is 6. The van der Waals surface area contributed by atoms with E-state index in [4.69, 9.17) is 4.74 Å². The fourth-order valence-corrected chi connectivity index (χ4v) is 3.57. The maximum Gasteiger partial charge on any atom is 0.586 e. The molecule has 0 unspecified atom stereocenters. The molecule has 4 aromatic rings. The number of benzene rings is 2. The van der Waals surface area contributed by atoms with Crippen LogP contribution in [0.15, 0.2) is 42.9 Å². The lowest BCUT2D eigenvalue weighted by molar-refractivity contribution is -0.286. The van der Waals surface area contributed by atoms with E-state index in [2.05, 4.69) is 24.7 Å². The highest BCUT2D eigenvalue weighted by atomic mass is 19.3. The van der Waals surface area contributed by atoms with Crippen LogP contribution in [0, 0.1) is 5.82 Å². The number of aromatic nitrogens is 4. The van der Waals surface area contributed by atoms with Crippen molar-refractivity contribution in [3.63, 3.8) is 0 Å². The number of imidazole rings is 1. The minimum atomic E-state index is -3.79. The van der Waals surface area contributed by atoms with Crippen molar-refractivity contribution in [2.24, 2.45) is 0 Å². The molecular weight excluding hydrogens is 413 g/mol. The fraction of sp³-hybridized carbons (Fsp3) is 0.190. The van der Waals surface area contributed by atoms with Gasteiger partial charge in [0.15, 0.2) is 17.1 Å². The van der Waals surface area contributed by atoms with Crippen molar-refractivity contribution < 1.29 is 27.4 Å². The highest BCUT2D eigenvalue weighted by Gasteiger charge is 2.44. The Morgan fingerprint density at radius 3 is 2.58 bits per heavy atom. The van der Waals surface area contributed by atoms with Crippen molar-refractivity contribution in [2.45, 2.75) is 19.8 Å². The number of rotatable bonds is 4. The van der Waals surface area contributed by atoms with Crippen LogP contribution in [0.2, 0.25) is 0 Å². The first-order chi connectivity index (χ1) is 14.9. The largest absolute Gasteiger partial charge is 0.586 e. The molecule has 158 valence electrons. The van der Waals surface area contributed by atoms with Crippen molar-refractivity contribution in [1.29, 1.82) is 0 Å². The average Bonchev–Trinajstić information content (AvgIpc) is 3.31. The predicted molar refractivity (Wildman–Crippen MR) is 105 cm³/mol. The molecule has 1 aliphatic rings. The Morgan fingerprint density at radius 2 is 1.84 bits per heavy atom. The minimum Gasteiger partial charge on any atom is -0.496 e. The van der Waals surface area contributed by atoms with Crippen LogP contribution in [-0.4, -0.2) is 33.2 Å². The van der Waals surface area contributed by atoms with Crippen molar-refractivity contribution in [1.82, 2.24) is 19.7 Å². The van der Waals surface area contributed by atoms with Gasteiger partial charge in [0.1, 0.15) is 17.1 Å². The summed E-state index contributed by atoms with van der Waals surface area (Å²) in [5, 5.41) is 8.17. The molecule has 0 amide bonds. The molecule has 2 aromatic carbocycles. The monoisotopic (exact) mass is 428 g/mol. The zero-order chi connectivity index (χ0) is 21.8. The summed E-state index contributed by atoms with van der Waals surface area (Å²) < 4.78 is 57.9. The molecular formula is C21H15F3N4O3. The Labute approximate surface area is 174 Å². The van der Waals surface area contributed by atoms with Gasteiger partial charge in [-0.15, -0.1) is 13.9 Å². The van der Waals surface area contributed by atoms with E-state index in [-0.39, 0.29) is 28.4 Å². The zero-order valence-electron chi connectivity index (χ0n) is 16.4. The topological polar surface area (TPSA) is 71.3 Å². The molecule has 3 heterocycles. The van der Waals surface area contributed by atoms with Gasteiger partial charge in [-0.05, 0) is 30.7 Å². The maximum atomic E-state index is 14.8. The van der Waals surface area contributed by atoms with Gasteiger partial charge in [-0.1, -0.05) is 6.07 Å². The Balaban J connectivity index is 1.67. The van der Waals surface area contributed by atoms with Gasteiger partial charge in [0.05, 0.1) is 19.6 Å². The Hall–Kier alpha value is -3.82. The van der Waals surface area contributed by atoms with Gasteiger partial charge < -0.3 is 18.8 Å². The predicted octanol–water partition coefficient (Wildman–Crippen LogP) is 4.65. The van der Waals surface area contributed by atoms with Crippen LogP contribution in [0.3, 0.4) is 0 Å². The van der Waals surface area contributed by atoms with E-state index < -0.39 is 12.1 Å². The molecule has 0 N–H and O–H groups in total. The van der Waals surface area contributed by atoms with Gasteiger partial charge >= 0.3 is 6.29 Å². The van der Waals surface area contributed by atoms with Gasteiger partial charge in [-0.2, -0.15) is 5.10 Å². The second-order valence-electron chi connectivity index (χ2n) is 6.82. The molecule has 5 rings (SSSR count). The fourth-order valence-electron chi connectivity index (χ4n) is 3.57. The maximum absolute atomic E-state index is 14.8. The van der Waals surface area contributed by atoms with E-state index in [9.17, 15) is 13.2 Å². The number of aryl methyl sites for hydroxylation is 1. The molecule has 10 heteroatoms. The standard InChI is InChI=1S/C21H15F3N4O3/c1-3-28-10-25-19-14(9-26-27-20(19)28)11-4-5-15(22)12(6-11)13-7-17-18(8-16(13)29-2)31-21(23,24)30-17/h4-10H,3H2,1-2H3. The number of fused-ring (bicyclic) bond motifs is 2. The van der Waals surface area contributed by atoms with Crippen LogP contribution < -0.4 is 14.2 Å². The van der Waals surface area contributed by atoms with E-state index in [1.807, 2.05) is 11.5 Å². The van der Waals surface area contributed by atoms with Crippen molar-refractivity contribution in [2.75, 3.05) is 7.11 Å². The molecule has 7 nitrogen and oxygen atoms in total. The van der Waals surface area contributed by atoms with Crippen LogP contribution in [0.1, 0.15) is 6.92 Å². The Kier molecular flexibility index (Phi) is 4.24. The smallest absolute Gasteiger partial charge is 0.496 e. The zero-order valence-corrected chi connectivity index (χ0v) is 16.4. The lowest BCUT2D eigenvalue weighted by Crippen LogP contribution is -2.25. The number of ether oxygens (including phenoxy) is 3. The lowest BCUT2D eigenvalue weighted by Gasteiger charge is -2.12. The van der Waals surface area contributed by atoms with Gasteiger partial charge in [0.25, 0.3) is 0 Å². The third-order valence-corrected chi connectivity index (χ3v) is 5.04. The first-order valence-corrected chi connectivity index (χ1v) is 9.35. The first kappa shape index (κ1) is 19.2. The molecule has 0 fully saturated rings. The third kappa shape index (κ3) is 3.11. The molecule has 0 aliphatic carbocycles. The van der Waals surface area contributed by atoms with E-state index >= 15 is 0 Å². The van der Waals surface area contributed by atoms with Gasteiger partial charge in [-0.3, -0.25) is 0 Å². The number of nitrogens with zero attached hydrogens (tertiary/aromatic N) is 4. The summed E-state index contributed by atoms with van der Waals surface area (Å²) >= 11 is 0. The summed E-state index contributed by atoms with van der Waals surface area (Å²) in [5.74, 6) is -0.804. The minimum absolute atomic E-state index is 0.135. The summed E-state index contributed by atoms with van der Waals surface area (Å²) in [5.41, 5.74) is 2.88. The van der Waals surface area contributed by atoms with Gasteiger partial charge in [0.2, 0.25) is 0 Å². The summed E-state index contributed by atoms with van der Waals surface area (Å²) in [4.78, 5) is 4.41. The van der Waals surface area contributed by atoms with Crippen LogP contribution in [0.4, 0.5) is 13.2 Å². The highest BCUT2D eigenvalue weighted by Crippen LogP contribution is 2.48. The number of alkyl halides is 2. The van der Waals surface area contributed by atoms with E-state index in [1.54, 1.807) is 24.7 Å². The third-order valence-electron chi connectivity index (χ3n) is 5.04. The average molecular weight is 428 g/mol. The molecule has 0 radical (unpaired) electrons. The van der Waals surface area contributed by atoms with Crippen molar-refractivity contribution in [3.8, 4) is 39.5 Å². The van der Waals surface area contributed by atoms with E-state index in [0.29, 0.717) is 28.8 Å². The molecule has 0 saturated heterocycles. The molecule has 0 bridgehead atoms. The SMILES string of the molecule is CCn1cnc2c(-c3ccc(F)c(-c4cc5c(cc4OC)OC(F)(F)O5)c3)cnnc21. The Bertz CT molecular complexity index is 1320. The van der Waals surface area contributed by atoms with Crippen LogP contribution >= 0.6 is 0 Å². The second-order valence-corrected chi connectivity index (χ2v) is 6.82.